The first-order chi connectivity index (χ1) is 10.7. The summed E-state index contributed by atoms with van der Waals surface area (Å²) in [5.74, 6) is -0.378. The first kappa shape index (κ1) is 17.7. The third kappa shape index (κ3) is 4.00. The Morgan fingerprint density at radius 2 is 2.17 bits per heavy atom. The number of hydrogen-bond donors (Lipinski definition) is 0. The molecule has 7 nitrogen and oxygen atoms in total. The Hall–Kier alpha value is -1.67. The van der Waals surface area contributed by atoms with Crippen molar-refractivity contribution in [3.05, 3.63) is 38.9 Å². The van der Waals surface area contributed by atoms with Crippen molar-refractivity contribution >= 4 is 33.0 Å². The maximum absolute atomic E-state index is 12.7. The Bertz CT molecular complexity index is 735. The van der Waals surface area contributed by atoms with Crippen LogP contribution in [-0.4, -0.2) is 48.2 Å². The van der Waals surface area contributed by atoms with Crippen molar-refractivity contribution in [3.8, 4) is 0 Å². The van der Waals surface area contributed by atoms with Gasteiger partial charge in [-0.1, -0.05) is 18.5 Å². The van der Waals surface area contributed by atoms with E-state index in [-0.39, 0.29) is 33.8 Å². The van der Waals surface area contributed by atoms with Gasteiger partial charge in [0.2, 0.25) is 0 Å². The zero-order valence-electron chi connectivity index (χ0n) is 12.6. The Balaban J connectivity index is 2.30. The lowest BCUT2D eigenvalue weighted by Gasteiger charge is -2.28. The summed E-state index contributed by atoms with van der Waals surface area (Å²) in [5, 5.41) is 10.7. The van der Waals surface area contributed by atoms with Crippen molar-refractivity contribution in [3.63, 3.8) is 0 Å². The van der Waals surface area contributed by atoms with Gasteiger partial charge in [0, 0.05) is 24.7 Å². The quantitative estimate of drug-likeness (QED) is 0.592. The second-order valence-corrected chi connectivity index (χ2v) is 8.11. The molecule has 1 aromatic rings. The Kier molecular flexibility index (Phi) is 5.26. The molecule has 1 aromatic carbocycles. The van der Waals surface area contributed by atoms with Crippen molar-refractivity contribution in [2.45, 2.75) is 25.8 Å². The number of hydrogen-bond acceptors (Lipinski definition) is 5. The third-order valence-corrected chi connectivity index (χ3v) is 5.83. The summed E-state index contributed by atoms with van der Waals surface area (Å²) in [7, 11) is -3.12. The molecule has 0 aliphatic carbocycles. The van der Waals surface area contributed by atoms with Gasteiger partial charge in [0.25, 0.3) is 11.6 Å². The van der Waals surface area contributed by atoms with Gasteiger partial charge < -0.3 is 4.90 Å². The number of nitro benzene ring substituents is 1. The number of non-ortho nitro benzene ring substituents is 1. The molecular weight excluding hydrogens is 344 g/mol. The van der Waals surface area contributed by atoms with E-state index >= 15 is 0 Å². The summed E-state index contributed by atoms with van der Waals surface area (Å²) in [6.45, 7) is 2.30. The number of nitro groups is 1. The van der Waals surface area contributed by atoms with Crippen molar-refractivity contribution in [1.82, 2.24) is 4.90 Å². The molecule has 1 amide bonds. The van der Waals surface area contributed by atoms with Gasteiger partial charge in [-0.2, -0.15) is 0 Å². The lowest BCUT2D eigenvalue weighted by molar-refractivity contribution is -0.384. The smallest absolute Gasteiger partial charge is 0.270 e. The van der Waals surface area contributed by atoms with Crippen LogP contribution < -0.4 is 0 Å². The average molecular weight is 361 g/mol. The minimum atomic E-state index is -3.12. The molecule has 0 saturated carbocycles. The summed E-state index contributed by atoms with van der Waals surface area (Å²) in [4.78, 5) is 24.4. The Labute approximate surface area is 139 Å². The second kappa shape index (κ2) is 6.84. The largest absolute Gasteiger partial charge is 0.335 e. The first-order valence-electron chi connectivity index (χ1n) is 7.20. The van der Waals surface area contributed by atoms with Crippen molar-refractivity contribution in [2.24, 2.45) is 0 Å². The van der Waals surface area contributed by atoms with Crippen LogP contribution in [0.5, 0.6) is 0 Å². The van der Waals surface area contributed by atoms with Gasteiger partial charge in [-0.3, -0.25) is 14.9 Å². The van der Waals surface area contributed by atoms with Gasteiger partial charge >= 0.3 is 0 Å². The maximum Gasteiger partial charge on any atom is 0.270 e. The van der Waals surface area contributed by atoms with Crippen LogP contribution in [0.2, 0.25) is 5.02 Å². The maximum atomic E-state index is 12.7. The zero-order chi connectivity index (χ0) is 17.2. The highest BCUT2D eigenvalue weighted by Crippen LogP contribution is 2.26. The summed E-state index contributed by atoms with van der Waals surface area (Å²) < 4.78 is 23.3. The molecule has 1 aliphatic rings. The van der Waals surface area contributed by atoms with Gasteiger partial charge in [-0.15, -0.1) is 0 Å². The van der Waals surface area contributed by atoms with Crippen LogP contribution in [0.1, 0.15) is 30.1 Å². The molecule has 1 saturated heterocycles. The number of benzene rings is 1. The predicted octanol–water partition coefficient (Wildman–Crippen LogP) is 2.29. The standard InChI is InChI=1S/C14H17ClN2O5S/c1-2-6-16(11-5-7-23(21,22)9-11)14(18)12-4-3-10(17(19)20)8-13(12)15/h3-4,8,11H,2,5-7,9H2,1H3/t11-/m0/s1. The fourth-order valence-electron chi connectivity index (χ4n) is 2.66. The lowest BCUT2D eigenvalue weighted by Crippen LogP contribution is -2.41. The number of rotatable bonds is 5. The molecule has 1 fully saturated rings. The first-order valence-corrected chi connectivity index (χ1v) is 9.40. The highest BCUT2D eigenvalue weighted by Gasteiger charge is 2.35. The molecule has 2 rings (SSSR count). The SMILES string of the molecule is CCCN(C(=O)c1ccc([N+](=O)[O-])cc1Cl)[C@H]1CCS(=O)(=O)C1. The fraction of sp³-hybridized carbons (Fsp3) is 0.500. The van der Waals surface area contributed by atoms with Crippen LogP contribution in [0, 0.1) is 10.1 Å². The van der Waals surface area contributed by atoms with Gasteiger partial charge in [0.1, 0.15) is 0 Å². The number of halogens is 1. The minimum absolute atomic E-state index is 0.00819. The van der Waals surface area contributed by atoms with Gasteiger partial charge in [-0.05, 0) is 18.9 Å². The van der Waals surface area contributed by atoms with E-state index in [4.69, 9.17) is 11.6 Å². The van der Waals surface area contributed by atoms with Crippen molar-refractivity contribution < 1.29 is 18.1 Å². The molecule has 23 heavy (non-hydrogen) atoms. The Morgan fingerprint density at radius 1 is 1.48 bits per heavy atom. The molecular formula is C14H17ClN2O5S. The zero-order valence-corrected chi connectivity index (χ0v) is 14.1. The second-order valence-electron chi connectivity index (χ2n) is 5.48. The predicted molar refractivity (Wildman–Crippen MR) is 86.5 cm³/mol. The van der Waals surface area contributed by atoms with Crippen LogP contribution in [-0.2, 0) is 9.84 Å². The highest BCUT2D eigenvalue weighted by molar-refractivity contribution is 7.91. The number of carbonyl (C=O) groups excluding carboxylic acids is 1. The molecule has 1 atom stereocenters. The summed E-state index contributed by atoms with van der Waals surface area (Å²) in [5.41, 5.74) is -0.0490. The summed E-state index contributed by atoms with van der Waals surface area (Å²) in [6.07, 6.45) is 1.07. The van der Waals surface area contributed by atoms with E-state index in [1.807, 2.05) is 6.92 Å². The monoisotopic (exact) mass is 360 g/mol. The Morgan fingerprint density at radius 3 is 2.65 bits per heavy atom. The van der Waals surface area contributed by atoms with E-state index in [0.717, 1.165) is 6.07 Å². The highest BCUT2D eigenvalue weighted by atomic mass is 35.5. The van der Waals surface area contributed by atoms with E-state index in [1.54, 1.807) is 0 Å². The van der Waals surface area contributed by atoms with Crippen molar-refractivity contribution in [1.29, 1.82) is 0 Å². The van der Waals surface area contributed by atoms with Crippen LogP contribution >= 0.6 is 11.6 Å². The number of amides is 1. The molecule has 0 bridgehead atoms. The van der Waals surface area contributed by atoms with Crippen LogP contribution in [0.3, 0.4) is 0 Å². The van der Waals surface area contributed by atoms with E-state index < -0.39 is 20.7 Å². The van der Waals surface area contributed by atoms with E-state index in [0.29, 0.717) is 19.4 Å². The summed E-state index contributed by atoms with van der Waals surface area (Å²) in [6, 6.07) is 3.28. The van der Waals surface area contributed by atoms with Gasteiger partial charge in [-0.25, -0.2) is 8.42 Å². The molecule has 1 heterocycles. The van der Waals surface area contributed by atoms with E-state index in [2.05, 4.69) is 0 Å². The van der Waals surface area contributed by atoms with E-state index in [9.17, 15) is 23.3 Å². The third-order valence-electron chi connectivity index (χ3n) is 3.77. The normalized spacial score (nSPS) is 19.5. The molecule has 0 unspecified atom stereocenters. The van der Waals surface area contributed by atoms with Crippen LogP contribution in [0.15, 0.2) is 18.2 Å². The average Bonchev–Trinajstić information content (AvgIpc) is 2.83. The van der Waals surface area contributed by atoms with Gasteiger partial charge in [0.15, 0.2) is 9.84 Å². The minimum Gasteiger partial charge on any atom is -0.335 e. The molecule has 0 radical (unpaired) electrons. The number of nitrogens with zero attached hydrogens (tertiary/aromatic N) is 2. The lowest BCUT2D eigenvalue weighted by atomic mass is 10.1. The van der Waals surface area contributed by atoms with Crippen LogP contribution in [0.25, 0.3) is 0 Å². The fourth-order valence-corrected chi connectivity index (χ4v) is 4.64. The number of sulfone groups is 1. The summed E-state index contributed by atoms with van der Waals surface area (Å²) >= 11 is 6.01. The molecule has 0 spiro atoms. The molecule has 126 valence electrons. The number of carbonyl (C=O) groups is 1. The molecule has 1 aliphatic heterocycles. The topological polar surface area (TPSA) is 97.6 Å². The molecule has 0 N–H and O–H groups in total. The molecule has 9 heteroatoms. The van der Waals surface area contributed by atoms with Gasteiger partial charge in [0.05, 0.1) is 27.0 Å². The van der Waals surface area contributed by atoms with E-state index in [1.165, 1.54) is 17.0 Å². The van der Waals surface area contributed by atoms with Crippen molar-refractivity contribution in [2.75, 3.05) is 18.1 Å². The van der Waals surface area contributed by atoms with Crippen LogP contribution in [0.4, 0.5) is 5.69 Å². The molecule has 0 aromatic heterocycles.